The van der Waals surface area contributed by atoms with E-state index in [1.165, 1.54) is 0 Å². The van der Waals surface area contributed by atoms with Gasteiger partial charge in [-0.25, -0.2) is 0 Å². The topological polar surface area (TPSA) is 47.6 Å². The van der Waals surface area contributed by atoms with Gasteiger partial charge in [0.15, 0.2) is 0 Å². The maximum absolute atomic E-state index is 6.00. The monoisotopic (exact) mass is 196 g/mol. The van der Waals surface area contributed by atoms with Crippen LogP contribution in [0.1, 0.15) is 0 Å². The van der Waals surface area contributed by atoms with E-state index in [4.69, 9.17) is 18.6 Å². The highest BCUT2D eigenvalue weighted by Crippen LogP contribution is 1.76. The summed E-state index contributed by atoms with van der Waals surface area (Å²) in [4.78, 5) is 0. The second-order valence-corrected chi connectivity index (χ2v) is 1.41. The Morgan fingerprint density at radius 3 is 1.23 bits per heavy atom. The number of benzene rings is 1. The van der Waals surface area contributed by atoms with Crippen molar-refractivity contribution < 1.29 is 18.8 Å². The second kappa shape index (κ2) is 22.4. The molecule has 0 unspecified atom stereocenters. The summed E-state index contributed by atoms with van der Waals surface area (Å²) in [5.74, 6) is 0. The molecule has 0 bridgehead atoms. The van der Waals surface area contributed by atoms with Crippen LogP contribution < -0.4 is 5.46 Å². The van der Waals surface area contributed by atoms with Gasteiger partial charge < -0.3 is 0 Å². The van der Waals surface area contributed by atoms with Crippen LogP contribution in [-0.2, 0) is 0 Å². The lowest BCUT2D eigenvalue weighted by Crippen LogP contribution is -1.97. The van der Waals surface area contributed by atoms with E-state index >= 15 is 0 Å². The van der Waals surface area contributed by atoms with Crippen molar-refractivity contribution in [2.24, 2.45) is 0 Å². The molecule has 1 aromatic carbocycles. The van der Waals surface area contributed by atoms with Crippen LogP contribution in [0.4, 0.5) is 18.8 Å². The fourth-order valence-electron chi connectivity index (χ4n) is 0.453. The lowest BCUT2D eigenvalue weighted by atomic mass is 9.97. The highest BCUT2D eigenvalue weighted by Gasteiger charge is 1.71. The summed E-state index contributed by atoms with van der Waals surface area (Å²) in [5.41, 5.74) is 0.822. The molecule has 0 heterocycles. The first-order valence-electron chi connectivity index (χ1n) is 2.40. The fourth-order valence-corrected chi connectivity index (χ4v) is 0.453. The van der Waals surface area contributed by atoms with Crippen molar-refractivity contribution in [2.75, 3.05) is 0 Å². The first-order chi connectivity index (χ1) is 4.39. The summed E-state index contributed by atoms with van der Waals surface area (Å²) in [7, 11) is 5.36. The van der Waals surface area contributed by atoms with E-state index in [1.54, 1.807) is 0 Å². The molecule has 0 atom stereocenters. The molecule has 13 heavy (non-hydrogen) atoms. The molecule has 0 aliphatic carbocycles. The van der Waals surface area contributed by atoms with E-state index in [0.29, 0.717) is 0 Å². The van der Waals surface area contributed by atoms with Gasteiger partial charge in [0.2, 0.25) is 0 Å². The quantitative estimate of drug-likeness (QED) is 0.354. The van der Waals surface area contributed by atoms with Crippen molar-refractivity contribution in [3.8, 4) is 0 Å². The smallest absolute Gasteiger partial charge is 0.113 e. The van der Waals surface area contributed by atoms with Crippen LogP contribution in [-0.4, -0.2) is 7.85 Å². The Morgan fingerprint density at radius 1 is 0.769 bits per heavy atom. The molecule has 0 fully saturated rings. The molecule has 1 aromatic rings. The van der Waals surface area contributed by atoms with Crippen molar-refractivity contribution in [2.45, 2.75) is 0 Å². The van der Waals surface area contributed by atoms with E-state index < -0.39 is 0 Å². The van der Waals surface area contributed by atoms with Crippen LogP contribution in [0.15, 0.2) is 30.3 Å². The zero-order valence-corrected chi connectivity index (χ0v) is 6.49. The summed E-state index contributed by atoms with van der Waals surface area (Å²) in [6.45, 7) is 0. The van der Waals surface area contributed by atoms with E-state index in [0.717, 1.165) is 5.46 Å². The average molecular weight is 196 g/mol. The molecular weight excluding hydrogens is 187 g/mol. The number of halogens is 4. The van der Waals surface area contributed by atoms with E-state index in [1.807, 2.05) is 30.3 Å². The van der Waals surface area contributed by atoms with Crippen LogP contribution >= 0.6 is 0 Å². The first-order valence-corrected chi connectivity index (χ1v) is 2.40. The summed E-state index contributed by atoms with van der Waals surface area (Å²) in [5, 5.41) is 12.0. The molecule has 0 amide bonds. The maximum Gasteiger partial charge on any atom is 0.113 e. The van der Waals surface area contributed by atoms with Crippen LogP contribution in [0.2, 0.25) is 0 Å². The fraction of sp³-hybridized carbons (Fsp3) is 0. The Hall–Kier alpha value is -1.58. The Labute approximate surface area is 74.3 Å². The van der Waals surface area contributed by atoms with Crippen molar-refractivity contribution in [3.63, 3.8) is 0 Å². The second-order valence-electron chi connectivity index (χ2n) is 1.41. The number of rotatable bonds is 0. The Morgan fingerprint density at radius 2 is 1.08 bits per heavy atom. The van der Waals surface area contributed by atoms with Crippen molar-refractivity contribution in [1.29, 1.82) is 10.8 Å². The Kier molecular flexibility index (Phi) is 51.9. The number of hydrogen-bond donors (Lipinski definition) is 0. The molecule has 1 rings (SSSR count). The Balaban J connectivity index is -0.0000000335. The zero-order chi connectivity index (χ0) is 7.11. The van der Waals surface area contributed by atoms with E-state index in [9.17, 15) is 0 Å². The van der Waals surface area contributed by atoms with Crippen LogP contribution in [0.3, 0.4) is 0 Å². The molecule has 7 heteroatoms. The van der Waals surface area contributed by atoms with Crippen LogP contribution in [0.25, 0.3) is 0 Å². The van der Waals surface area contributed by atoms with Gasteiger partial charge in [-0.3, -0.25) is 18.8 Å². The van der Waals surface area contributed by atoms with Gasteiger partial charge in [-0.2, -0.15) is 0 Å². The van der Waals surface area contributed by atoms with Gasteiger partial charge in [-0.05, 0) is 0 Å². The van der Waals surface area contributed by atoms with Gasteiger partial charge in [-0.15, -0.1) is 0 Å². The minimum Gasteiger partial charge on any atom is -0.269 e. The van der Waals surface area contributed by atoms with Crippen molar-refractivity contribution in [1.82, 2.24) is 0 Å². The first kappa shape index (κ1) is 30.1. The lowest BCUT2D eigenvalue weighted by molar-refractivity contribution is 1.11. The van der Waals surface area contributed by atoms with Gasteiger partial charge in [0.05, 0.1) is 0 Å². The van der Waals surface area contributed by atoms with Gasteiger partial charge >= 0.3 is 0 Å². The van der Waals surface area contributed by atoms with E-state index in [2.05, 4.69) is 0 Å². The lowest BCUT2D eigenvalue weighted by Gasteiger charge is -1.83. The largest absolute Gasteiger partial charge is 0.269 e. The van der Waals surface area contributed by atoms with Crippen LogP contribution in [0, 0.1) is 10.8 Å². The molecule has 0 spiro atoms. The molecule has 2 radical (unpaired) electrons. The van der Waals surface area contributed by atoms with Gasteiger partial charge in [-0.1, -0.05) is 35.8 Å². The highest BCUT2D eigenvalue weighted by atomic mass is 19.0. The summed E-state index contributed by atoms with van der Waals surface area (Å²) < 4.78 is 0. The molecule has 0 aliphatic heterocycles. The molecular formula is C6H9BF4N2. The summed E-state index contributed by atoms with van der Waals surface area (Å²) >= 11 is 0. The third-order valence-corrected chi connectivity index (χ3v) is 0.800. The predicted octanol–water partition coefficient (Wildman–Crippen LogP) is 1.12. The van der Waals surface area contributed by atoms with Crippen LogP contribution in [0.5, 0.6) is 0 Å². The highest BCUT2D eigenvalue weighted by molar-refractivity contribution is 6.32. The van der Waals surface area contributed by atoms with Gasteiger partial charge in [0.25, 0.3) is 0 Å². The molecule has 0 aromatic heterocycles. The number of nitrogens with zero attached hydrogens (tertiary/aromatic N) is 2. The molecule has 0 N–H and O–H groups in total. The predicted molar refractivity (Wildman–Crippen MR) is 45.3 cm³/mol. The van der Waals surface area contributed by atoms with Gasteiger partial charge in [0.1, 0.15) is 7.85 Å². The maximum atomic E-state index is 6.00. The van der Waals surface area contributed by atoms with E-state index in [-0.39, 0.29) is 18.8 Å². The summed E-state index contributed by atoms with van der Waals surface area (Å²) in [6.07, 6.45) is 0. The molecule has 0 saturated carbocycles. The molecule has 0 aliphatic rings. The molecule has 2 nitrogen and oxygen atoms in total. The third kappa shape index (κ3) is 17.9. The van der Waals surface area contributed by atoms with Crippen molar-refractivity contribution >= 4 is 13.3 Å². The molecule has 74 valence electrons. The minimum absolute atomic E-state index is 0. The Bertz CT molecular complexity index is 182. The normalized spacial score (nSPS) is 4.77. The van der Waals surface area contributed by atoms with Crippen molar-refractivity contribution in [3.05, 3.63) is 30.3 Å². The third-order valence-electron chi connectivity index (χ3n) is 0.800. The number of hydrogen-bond acceptors (Lipinski definition) is 2. The standard InChI is InChI=1S/C6H5B.4FH.N2/c7-6-4-2-1-3-5-6;;;;;1-2/h1-5H;4*1H;. The molecule has 0 saturated heterocycles. The minimum atomic E-state index is 0. The SMILES string of the molecule is F.F.F.F.N#N.[B]c1ccccc1. The van der Waals surface area contributed by atoms with Gasteiger partial charge in [0, 0.05) is 10.8 Å². The summed E-state index contributed by atoms with van der Waals surface area (Å²) in [6, 6.07) is 9.49. The average Bonchev–Trinajstić information content (AvgIpc) is 1.94. The zero-order valence-electron chi connectivity index (χ0n) is 6.49.